The Balaban J connectivity index is 1.63. The van der Waals surface area contributed by atoms with E-state index in [1.54, 1.807) is 6.07 Å². The summed E-state index contributed by atoms with van der Waals surface area (Å²) in [6.07, 6.45) is 4.56. The van der Waals surface area contributed by atoms with Gasteiger partial charge in [-0.1, -0.05) is 12.5 Å². The van der Waals surface area contributed by atoms with Crippen molar-refractivity contribution in [2.24, 2.45) is 5.92 Å². The van der Waals surface area contributed by atoms with E-state index >= 15 is 0 Å². The molecule has 1 saturated carbocycles. The number of benzene rings is 1. The number of hydrogen-bond acceptors (Lipinski definition) is 5. The van der Waals surface area contributed by atoms with Gasteiger partial charge in [0, 0.05) is 12.6 Å². The van der Waals surface area contributed by atoms with Crippen LogP contribution in [0.5, 0.6) is 5.75 Å². The van der Waals surface area contributed by atoms with Gasteiger partial charge < -0.3 is 15.2 Å². The van der Waals surface area contributed by atoms with Gasteiger partial charge in [0.25, 0.3) is 11.6 Å². The number of carbonyl (C=O) groups excluding carboxylic acids is 1. The average Bonchev–Trinajstić information content (AvgIpc) is 2.95. The van der Waals surface area contributed by atoms with E-state index in [9.17, 15) is 20.0 Å². The molecule has 0 aliphatic heterocycles. The molecule has 0 unspecified atom stereocenters. The molecule has 0 radical (unpaired) electrons. The smallest absolute Gasteiger partial charge is 0.273 e. The predicted molar refractivity (Wildman–Crippen MR) is 84.2 cm³/mol. The number of aliphatic hydroxyl groups is 1. The Bertz CT molecular complexity index is 549. The number of aliphatic hydroxyl groups excluding tert-OH is 1. The first-order chi connectivity index (χ1) is 11.1. The van der Waals surface area contributed by atoms with Crippen LogP contribution in [0.2, 0.25) is 0 Å². The maximum absolute atomic E-state index is 11.7. The van der Waals surface area contributed by atoms with Crippen LogP contribution in [-0.2, 0) is 4.79 Å². The summed E-state index contributed by atoms with van der Waals surface area (Å²) in [5.74, 6) is 0.389. The zero-order valence-corrected chi connectivity index (χ0v) is 12.9. The van der Waals surface area contributed by atoms with Gasteiger partial charge in [-0.05, 0) is 37.7 Å². The van der Waals surface area contributed by atoms with Gasteiger partial charge in [0.1, 0.15) is 5.75 Å². The van der Waals surface area contributed by atoms with Crippen LogP contribution in [-0.4, -0.2) is 35.2 Å². The lowest BCUT2D eigenvalue weighted by atomic mass is 10.00. The molecule has 0 saturated heterocycles. The molecule has 1 aromatic carbocycles. The number of amides is 1. The van der Waals surface area contributed by atoms with Crippen LogP contribution in [0.15, 0.2) is 24.3 Å². The molecule has 126 valence electrons. The van der Waals surface area contributed by atoms with E-state index in [0.717, 1.165) is 32.1 Å². The molecule has 1 aliphatic carbocycles. The van der Waals surface area contributed by atoms with Crippen molar-refractivity contribution < 1.29 is 19.6 Å². The fourth-order valence-corrected chi connectivity index (χ4v) is 2.83. The molecule has 2 rings (SSSR count). The van der Waals surface area contributed by atoms with E-state index in [1.165, 1.54) is 18.2 Å². The largest absolute Gasteiger partial charge is 0.484 e. The second kappa shape index (κ2) is 8.47. The van der Waals surface area contributed by atoms with Gasteiger partial charge in [0.05, 0.1) is 17.1 Å². The zero-order valence-electron chi connectivity index (χ0n) is 12.9. The normalized spacial score (nSPS) is 20.2. The van der Waals surface area contributed by atoms with E-state index in [2.05, 4.69) is 5.32 Å². The summed E-state index contributed by atoms with van der Waals surface area (Å²) in [6, 6.07) is 5.74. The number of nitrogens with one attached hydrogen (secondary N) is 1. The molecular weight excluding hydrogens is 300 g/mol. The second-order valence-corrected chi connectivity index (χ2v) is 5.79. The third kappa shape index (κ3) is 5.52. The standard InChI is InChI=1S/C16H22N2O5/c19-15-8-1-4-12(15)5-3-9-17-16(20)11-23-14-7-2-6-13(10-14)18(21)22/h2,6-7,10,12,15,19H,1,3-5,8-9,11H2,(H,17,20)/t12-,15+/m1/s1. The van der Waals surface area contributed by atoms with Crippen molar-refractivity contribution in [2.45, 2.75) is 38.2 Å². The number of ether oxygens (including phenoxy) is 1. The molecule has 0 bridgehead atoms. The van der Waals surface area contributed by atoms with Gasteiger partial charge in [-0.2, -0.15) is 0 Å². The Hall–Kier alpha value is -2.15. The average molecular weight is 322 g/mol. The molecule has 0 heterocycles. The quantitative estimate of drug-likeness (QED) is 0.433. The molecule has 7 heteroatoms. The molecule has 1 aromatic rings. The number of hydrogen-bond donors (Lipinski definition) is 2. The first-order valence-electron chi connectivity index (χ1n) is 7.88. The zero-order chi connectivity index (χ0) is 16.7. The fourth-order valence-electron chi connectivity index (χ4n) is 2.83. The fraction of sp³-hybridized carbons (Fsp3) is 0.562. The second-order valence-electron chi connectivity index (χ2n) is 5.79. The summed E-state index contributed by atoms with van der Waals surface area (Å²) in [7, 11) is 0. The highest BCUT2D eigenvalue weighted by atomic mass is 16.6. The Kier molecular flexibility index (Phi) is 6.34. The SMILES string of the molecule is O=C(COc1cccc([N+](=O)[O-])c1)NCCC[C@H]1CCC[C@@H]1O. The topological polar surface area (TPSA) is 102 Å². The molecule has 0 spiro atoms. The van der Waals surface area contributed by atoms with E-state index in [1.807, 2.05) is 0 Å². The van der Waals surface area contributed by atoms with Crippen LogP contribution in [0.1, 0.15) is 32.1 Å². The van der Waals surface area contributed by atoms with Crippen LogP contribution < -0.4 is 10.1 Å². The van der Waals surface area contributed by atoms with Crippen LogP contribution >= 0.6 is 0 Å². The number of nitro benzene ring substituents is 1. The summed E-state index contributed by atoms with van der Waals surface area (Å²) in [5, 5.41) is 23.1. The van der Waals surface area contributed by atoms with E-state index in [0.29, 0.717) is 18.2 Å². The Labute approximate surface area is 134 Å². The van der Waals surface area contributed by atoms with E-state index in [4.69, 9.17) is 4.74 Å². The summed E-state index contributed by atoms with van der Waals surface area (Å²) in [5.41, 5.74) is -0.0713. The molecule has 23 heavy (non-hydrogen) atoms. The molecule has 1 amide bonds. The number of non-ortho nitro benzene ring substituents is 1. The number of carbonyl (C=O) groups is 1. The molecule has 2 atom stereocenters. The van der Waals surface area contributed by atoms with Gasteiger partial charge in [-0.3, -0.25) is 14.9 Å². The highest BCUT2D eigenvalue weighted by Gasteiger charge is 2.24. The lowest BCUT2D eigenvalue weighted by Crippen LogP contribution is -2.30. The predicted octanol–water partition coefficient (Wildman–Crippen LogP) is 2.03. The van der Waals surface area contributed by atoms with Gasteiger partial charge >= 0.3 is 0 Å². The summed E-state index contributed by atoms with van der Waals surface area (Å²) in [6.45, 7) is 0.369. The van der Waals surface area contributed by atoms with Crippen molar-refractivity contribution in [3.05, 3.63) is 34.4 Å². The highest BCUT2D eigenvalue weighted by Crippen LogP contribution is 2.28. The summed E-state index contributed by atoms with van der Waals surface area (Å²) >= 11 is 0. The van der Waals surface area contributed by atoms with Gasteiger partial charge in [-0.25, -0.2) is 0 Å². The maximum Gasteiger partial charge on any atom is 0.273 e. The number of nitro groups is 1. The third-order valence-electron chi connectivity index (χ3n) is 4.09. The number of nitrogens with zero attached hydrogens (tertiary/aromatic N) is 1. The monoisotopic (exact) mass is 322 g/mol. The van der Waals surface area contributed by atoms with Crippen molar-refractivity contribution in [2.75, 3.05) is 13.2 Å². The van der Waals surface area contributed by atoms with Crippen LogP contribution in [0.25, 0.3) is 0 Å². The van der Waals surface area contributed by atoms with E-state index < -0.39 is 4.92 Å². The van der Waals surface area contributed by atoms with Crippen LogP contribution in [0.3, 0.4) is 0 Å². The maximum atomic E-state index is 11.7. The molecular formula is C16H22N2O5. The van der Waals surface area contributed by atoms with Gasteiger partial charge in [-0.15, -0.1) is 0 Å². The minimum atomic E-state index is -0.510. The van der Waals surface area contributed by atoms with Crippen molar-refractivity contribution in [3.63, 3.8) is 0 Å². The Morgan fingerprint density at radius 1 is 1.43 bits per heavy atom. The van der Waals surface area contributed by atoms with Gasteiger partial charge in [0.15, 0.2) is 6.61 Å². The van der Waals surface area contributed by atoms with Crippen molar-refractivity contribution in [3.8, 4) is 5.75 Å². The van der Waals surface area contributed by atoms with E-state index in [-0.39, 0.29) is 24.3 Å². The summed E-state index contributed by atoms with van der Waals surface area (Å²) < 4.78 is 5.25. The lowest BCUT2D eigenvalue weighted by Gasteiger charge is -2.14. The lowest BCUT2D eigenvalue weighted by molar-refractivity contribution is -0.384. The third-order valence-corrected chi connectivity index (χ3v) is 4.09. The molecule has 1 fully saturated rings. The first kappa shape index (κ1) is 17.2. The molecule has 2 N–H and O–H groups in total. The highest BCUT2D eigenvalue weighted by molar-refractivity contribution is 5.77. The van der Waals surface area contributed by atoms with Crippen molar-refractivity contribution in [1.82, 2.24) is 5.32 Å². The van der Waals surface area contributed by atoms with Gasteiger partial charge in [0.2, 0.25) is 0 Å². The van der Waals surface area contributed by atoms with Crippen LogP contribution in [0, 0.1) is 16.0 Å². The Morgan fingerprint density at radius 2 is 2.26 bits per heavy atom. The minimum absolute atomic E-state index is 0.0713. The molecule has 7 nitrogen and oxygen atoms in total. The van der Waals surface area contributed by atoms with Crippen molar-refractivity contribution >= 4 is 11.6 Å². The number of rotatable bonds is 8. The molecule has 0 aromatic heterocycles. The first-order valence-corrected chi connectivity index (χ1v) is 7.88. The van der Waals surface area contributed by atoms with Crippen LogP contribution in [0.4, 0.5) is 5.69 Å². The minimum Gasteiger partial charge on any atom is -0.484 e. The van der Waals surface area contributed by atoms with Crippen molar-refractivity contribution in [1.29, 1.82) is 0 Å². The Morgan fingerprint density at radius 3 is 2.96 bits per heavy atom. The summed E-state index contributed by atoms with van der Waals surface area (Å²) in [4.78, 5) is 21.8. The molecule has 1 aliphatic rings.